The van der Waals surface area contributed by atoms with E-state index in [1.54, 1.807) is 0 Å². The van der Waals surface area contributed by atoms with E-state index in [4.69, 9.17) is 0 Å². The number of anilines is 5. The molecule has 2 aromatic carbocycles. The summed E-state index contributed by atoms with van der Waals surface area (Å²) in [7, 11) is 0. The topological polar surface area (TPSA) is 61.9 Å². The molecule has 0 saturated carbocycles. The number of hydrogen-bond acceptors (Lipinski definition) is 5. The van der Waals surface area contributed by atoms with Gasteiger partial charge < -0.3 is 16.0 Å². The van der Waals surface area contributed by atoms with E-state index in [1.165, 1.54) is 0 Å². The summed E-state index contributed by atoms with van der Waals surface area (Å²) in [5.74, 6) is 1.28. The first-order valence-electron chi connectivity index (χ1n) is 8.74. The number of rotatable bonds is 8. The van der Waals surface area contributed by atoms with Crippen LogP contribution in [0.4, 0.5) is 28.8 Å². The fourth-order valence-electron chi connectivity index (χ4n) is 2.64. The van der Waals surface area contributed by atoms with Crippen LogP contribution in [-0.4, -0.2) is 16.5 Å². The minimum atomic E-state index is 0.553. The molecule has 0 aliphatic carbocycles. The van der Waals surface area contributed by atoms with Crippen LogP contribution in [0, 0.1) is 6.92 Å². The number of aryl methyl sites for hydroxylation is 1. The largest absolute Gasteiger partial charge is 0.381 e. The Bertz CT molecular complexity index is 935. The molecular formula is C22H23N5. The molecule has 0 saturated heterocycles. The molecule has 0 bridgehead atoms. The van der Waals surface area contributed by atoms with Gasteiger partial charge in [0.05, 0.1) is 0 Å². The number of para-hydroxylation sites is 1. The molecule has 0 aliphatic rings. The quantitative estimate of drug-likeness (QED) is 0.464. The summed E-state index contributed by atoms with van der Waals surface area (Å²) in [4.78, 5) is 9.02. The molecular weight excluding hydrogens is 334 g/mol. The van der Waals surface area contributed by atoms with E-state index in [0.29, 0.717) is 12.5 Å². The zero-order valence-electron chi connectivity index (χ0n) is 15.4. The van der Waals surface area contributed by atoms with E-state index in [-0.39, 0.29) is 0 Å². The summed E-state index contributed by atoms with van der Waals surface area (Å²) in [5, 5.41) is 9.87. The molecule has 1 heterocycles. The second kappa shape index (κ2) is 8.67. The second-order valence-corrected chi connectivity index (χ2v) is 6.01. The zero-order valence-corrected chi connectivity index (χ0v) is 15.4. The summed E-state index contributed by atoms with van der Waals surface area (Å²) >= 11 is 0. The molecule has 0 atom stereocenters. The lowest BCUT2D eigenvalue weighted by Gasteiger charge is -2.13. The van der Waals surface area contributed by atoms with Crippen molar-refractivity contribution in [1.82, 2.24) is 9.97 Å². The van der Waals surface area contributed by atoms with E-state index in [1.807, 2.05) is 73.7 Å². The first kappa shape index (κ1) is 18.2. The highest BCUT2D eigenvalue weighted by Gasteiger charge is 2.05. The maximum atomic E-state index is 4.56. The molecule has 3 rings (SSSR count). The van der Waals surface area contributed by atoms with Crippen molar-refractivity contribution >= 4 is 34.9 Å². The maximum absolute atomic E-state index is 4.56. The Kier molecular flexibility index (Phi) is 5.84. The van der Waals surface area contributed by atoms with Crippen molar-refractivity contribution in [3.05, 3.63) is 85.1 Å². The Morgan fingerprint density at radius 1 is 0.926 bits per heavy atom. The zero-order chi connectivity index (χ0) is 19.1. The van der Waals surface area contributed by atoms with Crippen molar-refractivity contribution in [2.24, 2.45) is 0 Å². The molecule has 3 N–H and O–H groups in total. The highest BCUT2D eigenvalue weighted by atomic mass is 15.1. The monoisotopic (exact) mass is 357 g/mol. The first-order chi connectivity index (χ1) is 13.2. The Morgan fingerprint density at radius 2 is 1.74 bits per heavy atom. The predicted octanol–water partition coefficient (Wildman–Crippen LogP) is 5.51. The highest BCUT2D eigenvalue weighted by molar-refractivity contribution is 5.72. The van der Waals surface area contributed by atoms with Crippen molar-refractivity contribution in [3.8, 4) is 0 Å². The lowest BCUT2D eigenvalue weighted by molar-refractivity contribution is 1.11. The van der Waals surface area contributed by atoms with E-state index >= 15 is 0 Å². The highest BCUT2D eigenvalue weighted by Crippen LogP contribution is 2.25. The third-order valence-corrected chi connectivity index (χ3v) is 3.86. The van der Waals surface area contributed by atoms with Crippen LogP contribution in [0.2, 0.25) is 0 Å². The summed E-state index contributed by atoms with van der Waals surface area (Å²) in [5.41, 5.74) is 4.77. The molecule has 136 valence electrons. The lowest BCUT2D eigenvalue weighted by atomic mass is 10.1. The van der Waals surface area contributed by atoms with Crippen molar-refractivity contribution in [1.29, 1.82) is 0 Å². The summed E-state index contributed by atoms with van der Waals surface area (Å²) in [6.07, 6.45) is 3.65. The predicted molar refractivity (Wildman–Crippen MR) is 115 cm³/mol. The molecule has 3 aromatic rings. The first-order valence-corrected chi connectivity index (χ1v) is 8.74. The fraction of sp³-hybridized carbons (Fsp3) is 0.0909. The molecule has 0 amide bonds. The molecule has 27 heavy (non-hydrogen) atoms. The van der Waals surface area contributed by atoms with Crippen molar-refractivity contribution in [3.63, 3.8) is 0 Å². The van der Waals surface area contributed by atoms with Gasteiger partial charge in [0.2, 0.25) is 5.95 Å². The number of hydrogen-bond donors (Lipinski definition) is 3. The van der Waals surface area contributed by atoms with E-state index in [2.05, 4.69) is 39.1 Å². The van der Waals surface area contributed by atoms with Gasteiger partial charge in [0.1, 0.15) is 5.82 Å². The van der Waals surface area contributed by atoms with Crippen molar-refractivity contribution in [2.45, 2.75) is 6.92 Å². The third kappa shape index (κ3) is 4.95. The van der Waals surface area contributed by atoms with E-state index < -0.39 is 0 Å². The van der Waals surface area contributed by atoms with Gasteiger partial charge in [0.15, 0.2) is 0 Å². The van der Waals surface area contributed by atoms with E-state index in [9.17, 15) is 0 Å². The molecule has 0 fully saturated rings. The van der Waals surface area contributed by atoms with Crippen molar-refractivity contribution < 1.29 is 0 Å². The van der Waals surface area contributed by atoms with Gasteiger partial charge in [-0.3, -0.25) is 0 Å². The average molecular weight is 357 g/mol. The van der Waals surface area contributed by atoms with Crippen LogP contribution in [0.15, 0.2) is 73.8 Å². The van der Waals surface area contributed by atoms with Gasteiger partial charge in [-0.2, -0.15) is 4.98 Å². The van der Waals surface area contributed by atoms with Crippen LogP contribution >= 0.6 is 0 Å². The minimum absolute atomic E-state index is 0.553. The SMILES string of the molecule is C=CCNc1ccc(Nc2cc(C)nc(Nc3ccccc3)n2)cc1C=C. The lowest BCUT2D eigenvalue weighted by Crippen LogP contribution is -2.03. The fourth-order valence-corrected chi connectivity index (χ4v) is 2.64. The number of nitrogens with one attached hydrogen (secondary N) is 3. The standard InChI is InChI=1S/C22H23N5/c1-4-13-23-20-12-11-19(15-17(20)5-2)25-21-14-16(3)24-22(27-21)26-18-9-7-6-8-10-18/h4-12,14-15,23H,1-2,13H2,3H3,(H2,24,25,26,27). The minimum Gasteiger partial charge on any atom is -0.381 e. The van der Waals surface area contributed by atoms with Crippen LogP contribution in [0.25, 0.3) is 6.08 Å². The third-order valence-electron chi connectivity index (χ3n) is 3.86. The molecule has 5 nitrogen and oxygen atoms in total. The van der Waals surface area contributed by atoms with Crippen LogP contribution in [0.3, 0.4) is 0 Å². The summed E-state index contributed by atoms with van der Waals surface area (Å²) in [6.45, 7) is 10.3. The van der Waals surface area contributed by atoms with Gasteiger partial charge in [0, 0.05) is 35.4 Å². The van der Waals surface area contributed by atoms with Gasteiger partial charge in [-0.15, -0.1) is 6.58 Å². The van der Waals surface area contributed by atoms with Gasteiger partial charge in [0.25, 0.3) is 0 Å². The normalized spacial score (nSPS) is 10.1. The molecule has 5 heteroatoms. The molecule has 0 unspecified atom stereocenters. The van der Waals surface area contributed by atoms with E-state index in [0.717, 1.165) is 34.1 Å². The smallest absolute Gasteiger partial charge is 0.229 e. The summed E-state index contributed by atoms with van der Waals surface area (Å²) in [6, 6.07) is 17.8. The maximum Gasteiger partial charge on any atom is 0.229 e. The summed E-state index contributed by atoms with van der Waals surface area (Å²) < 4.78 is 0. The van der Waals surface area contributed by atoms with Gasteiger partial charge in [-0.1, -0.05) is 36.9 Å². The van der Waals surface area contributed by atoms with Crippen LogP contribution in [0.5, 0.6) is 0 Å². The Morgan fingerprint density at radius 3 is 2.48 bits per heavy atom. The van der Waals surface area contributed by atoms with Crippen molar-refractivity contribution in [2.75, 3.05) is 22.5 Å². The Labute approximate surface area is 159 Å². The average Bonchev–Trinajstić information content (AvgIpc) is 2.67. The van der Waals surface area contributed by atoms with Gasteiger partial charge in [-0.05, 0) is 42.8 Å². The number of nitrogens with zero attached hydrogens (tertiary/aromatic N) is 2. The number of benzene rings is 2. The van der Waals surface area contributed by atoms with Gasteiger partial charge in [-0.25, -0.2) is 4.98 Å². The molecule has 0 aliphatic heterocycles. The Balaban J connectivity index is 1.81. The molecule has 0 radical (unpaired) electrons. The van der Waals surface area contributed by atoms with Crippen LogP contribution < -0.4 is 16.0 Å². The van der Waals surface area contributed by atoms with Crippen LogP contribution in [-0.2, 0) is 0 Å². The Hall–Kier alpha value is -3.60. The number of aromatic nitrogens is 2. The molecule has 0 spiro atoms. The van der Waals surface area contributed by atoms with Crippen LogP contribution in [0.1, 0.15) is 11.3 Å². The van der Waals surface area contributed by atoms with Gasteiger partial charge >= 0.3 is 0 Å². The second-order valence-electron chi connectivity index (χ2n) is 6.01. The molecule has 1 aromatic heterocycles.